The molecule has 2 aromatic rings. The minimum atomic E-state index is -3.71. The molecule has 0 bridgehead atoms. The Morgan fingerprint density at radius 3 is 2.52 bits per heavy atom. The van der Waals surface area contributed by atoms with E-state index in [4.69, 9.17) is 14.2 Å². The third-order valence-electron chi connectivity index (χ3n) is 5.26. The van der Waals surface area contributed by atoms with E-state index in [0.717, 1.165) is 11.1 Å². The number of rotatable bonds is 7. The van der Waals surface area contributed by atoms with E-state index in [1.807, 2.05) is 32.0 Å². The first-order valence-electron chi connectivity index (χ1n) is 10.0. The zero-order valence-corrected chi connectivity index (χ0v) is 19.0. The maximum atomic E-state index is 13.0. The Hall–Kier alpha value is -2.62. The van der Waals surface area contributed by atoms with Crippen LogP contribution < -0.4 is 14.8 Å². The van der Waals surface area contributed by atoms with Gasteiger partial charge in [0, 0.05) is 13.1 Å². The van der Waals surface area contributed by atoms with E-state index in [2.05, 4.69) is 5.32 Å². The molecular formula is C22H28N2O6S. The van der Waals surface area contributed by atoms with Crippen molar-refractivity contribution in [1.29, 1.82) is 0 Å². The van der Waals surface area contributed by atoms with E-state index in [1.165, 1.54) is 29.6 Å². The molecule has 8 nitrogen and oxygen atoms in total. The van der Waals surface area contributed by atoms with Crippen LogP contribution in [0.1, 0.15) is 18.1 Å². The average Bonchev–Trinajstić information content (AvgIpc) is 2.77. The highest BCUT2D eigenvalue weighted by atomic mass is 32.2. The number of carbonyl (C=O) groups excluding carboxylic acids is 1. The highest BCUT2D eigenvalue weighted by molar-refractivity contribution is 7.89. The summed E-state index contributed by atoms with van der Waals surface area (Å²) in [7, 11) is -2.25. The molecule has 0 aromatic heterocycles. The molecule has 0 saturated carbocycles. The second-order valence-corrected chi connectivity index (χ2v) is 9.26. The molecule has 1 aliphatic rings. The summed E-state index contributed by atoms with van der Waals surface area (Å²) in [6, 6.07) is 10.0. The van der Waals surface area contributed by atoms with Crippen LogP contribution in [-0.2, 0) is 19.6 Å². The zero-order chi connectivity index (χ0) is 22.6. The van der Waals surface area contributed by atoms with E-state index in [-0.39, 0.29) is 23.7 Å². The van der Waals surface area contributed by atoms with Crippen LogP contribution in [0.3, 0.4) is 0 Å². The van der Waals surface area contributed by atoms with E-state index in [0.29, 0.717) is 24.7 Å². The lowest BCUT2D eigenvalue weighted by Crippen LogP contribution is -2.40. The van der Waals surface area contributed by atoms with Crippen molar-refractivity contribution in [3.05, 3.63) is 47.5 Å². The quantitative estimate of drug-likeness (QED) is 0.700. The summed E-state index contributed by atoms with van der Waals surface area (Å²) >= 11 is 0. The Bertz CT molecular complexity index is 1050. The van der Waals surface area contributed by atoms with Crippen molar-refractivity contribution in [2.45, 2.75) is 31.8 Å². The van der Waals surface area contributed by atoms with Gasteiger partial charge in [0.05, 0.1) is 30.9 Å². The minimum absolute atomic E-state index is 0.0774. The number of methoxy groups -OCH3 is 1. The SMILES string of the molecule is COc1ccc(S(=O)(=O)N2CCOCC2)cc1NC(=O)[C@H](C)Oc1cccc(C)c1C. The first kappa shape index (κ1) is 23.1. The number of nitrogens with zero attached hydrogens (tertiary/aromatic N) is 1. The summed E-state index contributed by atoms with van der Waals surface area (Å²) in [6.07, 6.45) is -0.801. The smallest absolute Gasteiger partial charge is 0.265 e. The maximum absolute atomic E-state index is 13.0. The number of carbonyl (C=O) groups is 1. The Morgan fingerprint density at radius 2 is 1.84 bits per heavy atom. The van der Waals surface area contributed by atoms with Crippen LogP contribution in [-0.4, -0.2) is 58.1 Å². The van der Waals surface area contributed by atoms with E-state index in [9.17, 15) is 13.2 Å². The second kappa shape index (κ2) is 9.67. The standard InChI is InChI=1S/C22H28N2O6S/c1-15-6-5-7-20(16(15)2)30-17(3)22(25)23-19-14-18(8-9-21(19)28-4)31(26,27)24-10-12-29-13-11-24/h5-9,14,17H,10-13H2,1-4H3,(H,23,25)/t17-/m0/s1. The second-order valence-electron chi connectivity index (χ2n) is 7.33. The number of anilines is 1. The third kappa shape index (κ3) is 5.17. The number of aryl methyl sites for hydroxylation is 1. The molecule has 0 aliphatic carbocycles. The maximum Gasteiger partial charge on any atom is 0.265 e. The molecule has 0 radical (unpaired) electrons. The summed E-state index contributed by atoms with van der Waals surface area (Å²) in [5.41, 5.74) is 2.28. The number of hydrogen-bond donors (Lipinski definition) is 1. The first-order valence-corrected chi connectivity index (χ1v) is 11.5. The van der Waals surface area contributed by atoms with Gasteiger partial charge in [-0.15, -0.1) is 0 Å². The Labute approximate surface area is 183 Å². The number of sulfonamides is 1. The zero-order valence-electron chi connectivity index (χ0n) is 18.2. The van der Waals surface area contributed by atoms with Crippen LogP contribution >= 0.6 is 0 Å². The fourth-order valence-corrected chi connectivity index (χ4v) is 4.65. The topological polar surface area (TPSA) is 94.2 Å². The normalized spacial score (nSPS) is 15.9. The van der Waals surface area contributed by atoms with Gasteiger partial charge in [-0.1, -0.05) is 12.1 Å². The lowest BCUT2D eigenvalue weighted by Gasteiger charge is -2.26. The van der Waals surface area contributed by atoms with Crippen LogP contribution in [0.5, 0.6) is 11.5 Å². The molecule has 0 unspecified atom stereocenters. The minimum Gasteiger partial charge on any atom is -0.495 e. The molecular weight excluding hydrogens is 420 g/mol. The highest BCUT2D eigenvalue weighted by Gasteiger charge is 2.27. The first-order chi connectivity index (χ1) is 14.7. The number of nitrogens with one attached hydrogen (secondary N) is 1. The summed E-state index contributed by atoms with van der Waals surface area (Å²) < 4.78 is 43.7. The third-order valence-corrected chi connectivity index (χ3v) is 7.16. The summed E-state index contributed by atoms with van der Waals surface area (Å²) in [4.78, 5) is 12.9. The summed E-state index contributed by atoms with van der Waals surface area (Å²) in [6.45, 7) is 6.82. The van der Waals surface area contributed by atoms with Gasteiger partial charge in [-0.3, -0.25) is 4.79 Å². The lowest BCUT2D eigenvalue weighted by atomic mass is 10.1. The monoisotopic (exact) mass is 448 g/mol. The van der Waals surface area contributed by atoms with Crippen LogP contribution in [0.2, 0.25) is 0 Å². The molecule has 0 spiro atoms. The van der Waals surface area contributed by atoms with Crippen LogP contribution in [0.15, 0.2) is 41.3 Å². The van der Waals surface area contributed by atoms with Gasteiger partial charge in [-0.25, -0.2) is 8.42 Å². The van der Waals surface area contributed by atoms with Crippen molar-refractivity contribution in [1.82, 2.24) is 4.31 Å². The Morgan fingerprint density at radius 1 is 1.13 bits per heavy atom. The number of hydrogen-bond acceptors (Lipinski definition) is 6. The molecule has 2 aromatic carbocycles. The fourth-order valence-electron chi connectivity index (χ4n) is 3.21. The average molecular weight is 449 g/mol. The van der Waals surface area contributed by atoms with Crippen molar-refractivity contribution in [2.75, 3.05) is 38.7 Å². The number of morpholine rings is 1. The lowest BCUT2D eigenvalue weighted by molar-refractivity contribution is -0.122. The van der Waals surface area contributed by atoms with Crippen molar-refractivity contribution < 1.29 is 27.4 Å². The van der Waals surface area contributed by atoms with Gasteiger partial charge in [-0.05, 0) is 56.2 Å². The van der Waals surface area contributed by atoms with Crippen LogP contribution in [0, 0.1) is 13.8 Å². The fraction of sp³-hybridized carbons (Fsp3) is 0.409. The number of ether oxygens (including phenoxy) is 3. The molecule has 1 amide bonds. The Kier molecular flexibility index (Phi) is 7.19. The summed E-state index contributed by atoms with van der Waals surface area (Å²) in [5.74, 6) is 0.562. The van der Waals surface area contributed by atoms with Crippen molar-refractivity contribution in [2.24, 2.45) is 0 Å². The van der Waals surface area contributed by atoms with Crippen molar-refractivity contribution in [3.63, 3.8) is 0 Å². The van der Waals surface area contributed by atoms with E-state index < -0.39 is 22.0 Å². The number of amides is 1. The van der Waals surface area contributed by atoms with Crippen LogP contribution in [0.25, 0.3) is 0 Å². The predicted octanol–water partition coefficient (Wildman–Crippen LogP) is 2.74. The van der Waals surface area contributed by atoms with Gasteiger partial charge >= 0.3 is 0 Å². The molecule has 168 valence electrons. The van der Waals surface area contributed by atoms with Gasteiger partial charge in [0.1, 0.15) is 11.5 Å². The Balaban J connectivity index is 1.80. The highest BCUT2D eigenvalue weighted by Crippen LogP contribution is 2.30. The molecule has 1 fully saturated rings. The molecule has 31 heavy (non-hydrogen) atoms. The van der Waals surface area contributed by atoms with Crippen molar-refractivity contribution in [3.8, 4) is 11.5 Å². The van der Waals surface area contributed by atoms with Gasteiger partial charge in [0.15, 0.2) is 6.10 Å². The number of benzene rings is 2. The molecule has 3 rings (SSSR count). The molecule has 1 heterocycles. The summed E-state index contributed by atoms with van der Waals surface area (Å²) in [5, 5.41) is 2.73. The molecule has 1 saturated heterocycles. The van der Waals surface area contributed by atoms with Gasteiger partial charge in [0.2, 0.25) is 10.0 Å². The molecule has 1 N–H and O–H groups in total. The van der Waals surface area contributed by atoms with E-state index >= 15 is 0 Å². The van der Waals surface area contributed by atoms with E-state index in [1.54, 1.807) is 6.92 Å². The van der Waals surface area contributed by atoms with Gasteiger partial charge in [0.25, 0.3) is 5.91 Å². The van der Waals surface area contributed by atoms with Crippen LogP contribution in [0.4, 0.5) is 5.69 Å². The van der Waals surface area contributed by atoms with Crippen molar-refractivity contribution >= 4 is 21.6 Å². The molecule has 1 atom stereocenters. The molecule has 1 aliphatic heterocycles. The largest absolute Gasteiger partial charge is 0.495 e. The molecule has 9 heteroatoms. The van der Waals surface area contributed by atoms with Gasteiger partial charge < -0.3 is 19.5 Å². The van der Waals surface area contributed by atoms with Gasteiger partial charge in [-0.2, -0.15) is 4.31 Å². The predicted molar refractivity (Wildman–Crippen MR) is 117 cm³/mol.